The third-order valence-electron chi connectivity index (χ3n) is 3.75. The maximum Gasteiger partial charge on any atom is 0.410 e. The highest BCUT2D eigenvalue weighted by Crippen LogP contribution is 2.23. The van der Waals surface area contributed by atoms with Gasteiger partial charge in [0.15, 0.2) is 0 Å². The van der Waals surface area contributed by atoms with E-state index in [9.17, 15) is 19.2 Å². The molecule has 3 amide bonds. The average Bonchev–Trinajstić information content (AvgIpc) is 2.79. The molecule has 0 spiro atoms. The van der Waals surface area contributed by atoms with Gasteiger partial charge in [-0.05, 0) is 39.3 Å². The van der Waals surface area contributed by atoms with E-state index in [1.807, 2.05) is 0 Å². The van der Waals surface area contributed by atoms with Crippen molar-refractivity contribution in [2.45, 2.75) is 45.8 Å². The fourth-order valence-corrected chi connectivity index (χ4v) is 2.46. The van der Waals surface area contributed by atoms with Crippen LogP contribution < -0.4 is 0 Å². The van der Waals surface area contributed by atoms with E-state index in [1.54, 1.807) is 39.8 Å². The van der Waals surface area contributed by atoms with Crippen LogP contribution in [0.2, 0.25) is 0 Å². The number of rotatable bonds is 4. The fraction of sp³-hybridized carbons (Fsp3) is 0.444. The van der Waals surface area contributed by atoms with Gasteiger partial charge in [0.1, 0.15) is 11.6 Å². The summed E-state index contributed by atoms with van der Waals surface area (Å²) in [6.07, 6.45) is -0.485. The summed E-state index contributed by atoms with van der Waals surface area (Å²) in [7, 11) is 1.39. The van der Waals surface area contributed by atoms with E-state index in [-0.39, 0.29) is 17.5 Å². The molecule has 8 nitrogen and oxygen atoms in total. The molecule has 140 valence electrons. The minimum Gasteiger partial charge on any atom is -0.444 e. The van der Waals surface area contributed by atoms with Crippen molar-refractivity contribution in [3.05, 3.63) is 35.4 Å². The Morgan fingerprint density at radius 2 is 1.62 bits per heavy atom. The lowest BCUT2D eigenvalue weighted by Gasteiger charge is -2.29. The van der Waals surface area contributed by atoms with Gasteiger partial charge in [0.05, 0.1) is 11.1 Å². The van der Waals surface area contributed by atoms with E-state index in [0.717, 1.165) is 4.90 Å². The van der Waals surface area contributed by atoms with Gasteiger partial charge in [-0.1, -0.05) is 24.1 Å². The van der Waals surface area contributed by atoms with Crippen molar-refractivity contribution >= 4 is 23.9 Å². The van der Waals surface area contributed by atoms with Crippen molar-refractivity contribution in [2.75, 3.05) is 7.05 Å². The van der Waals surface area contributed by atoms with Gasteiger partial charge in [-0.15, -0.1) is 0 Å². The first-order valence-corrected chi connectivity index (χ1v) is 8.22. The Kier molecular flexibility index (Phi) is 5.34. The maximum absolute atomic E-state index is 12.5. The number of hydrogen-bond acceptors (Lipinski definition) is 6. The first kappa shape index (κ1) is 19.4. The van der Waals surface area contributed by atoms with Crippen LogP contribution in [-0.4, -0.2) is 52.5 Å². The number of carbonyl (C=O) groups excluding carboxylic acids is 4. The van der Waals surface area contributed by atoms with E-state index in [2.05, 4.69) is 0 Å². The minimum absolute atomic E-state index is 0.166. The van der Waals surface area contributed by atoms with Crippen LogP contribution in [0.3, 0.4) is 0 Å². The number of hydroxylamine groups is 2. The van der Waals surface area contributed by atoms with Gasteiger partial charge in [0.25, 0.3) is 11.8 Å². The predicted molar refractivity (Wildman–Crippen MR) is 91.1 cm³/mol. The second-order valence-electron chi connectivity index (χ2n) is 6.88. The zero-order chi connectivity index (χ0) is 19.6. The summed E-state index contributed by atoms with van der Waals surface area (Å²) in [5.41, 5.74) is -0.395. The van der Waals surface area contributed by atoms with Crippen LogP contribution in [-0.2, 0) is 14.4 Å². The minimum atomic E-state index is -1.01. The van der Waals surface area contributed by atoms with Crippen LogP contribution >= 0.6 is 0 Å². The fourth-order valence-electron chi connectivity index (χ4n) is 2.46. The molecular formula is C18H22N2O6. The molecule has 0 aliphatic carbocycles. The zero-order valence-electron chi connectivity index (χ0n) is 15.4. The van der Waals surface area contributed by atoms with Crippen molar-refractivity contribution in [1.29, 1.82) is 0 Å². The molecule has 0 aromatic heterocycles. The third-order valence-corrected chi connectivity index (χ3v) is 3.75. The molecular weight excluding hydrogens is 340 g/mol. The molecule has 1 aliphatic heterocycles. The second kappa shape index (κ2) is 7.15. The smallest absolute Gasteiger partial charge is 0.410 e. The Bertz CT molecular complexity index is 717. The molecule has 1 aromatic carbocycles. The average molecular weight is 362 g/mol. The number of likely N-dealkylation sites (N-methyl/N-ethyl adjacent to an activating group) is 1. The first-order chi connectivity index (χ1) is 12.1. The number of carbonyl (C=O) groups is 4. The van der Waals surface area contributed by atoms with Crippen LogP contribution in [0.5, 0.6) is 0 Å². The summed E-state index contributed by atoms with van der Waals surface area (Å²) >= 11 is 0. The van der Waals surface area contributed by atoms with Crippen molar-refractivity contribution in [1.82, 2.24) is 9.96 Å². The lowest BCUT2D eigenvalue weighted by Crippen LogP contribution is -2.47. The van der Waals surface area contributed by atoms with Crippen molar-refractivity contribution in [3.63, 3.8) is 0 Å². The van der Waals surface area contributed by atoms with Gasteiger partial charge in [0.2, 0.25) is 0 Å². The van der Waals surface area contributed by atoms with E-state index >= 15 is 0 Å². The summed E-state index contributed by atoms with van der Waals surface area (Å²) < 4.78 is 5.23. The topological polar surface area (TPSA) is 93.2 Å². The monoisotopic (exact) mass is 362 g/mol. The molecule has 1 aliphatic rings. The van der Waals surface area contributed by atoms with Crippen LogP contribution in [0.1, 0.15) is 54.8 Å². The van der Waals surface area contributed by atoms with Crippen LogP contribution in [0, 0.1) is 0 Å². The van der Waals surface area contributed by atoms with E-state index in [1.165, 1.54) is 19.2 Å². The predicted octanol–water partition coefficient (Wildman–Crippen LogP) is 2.39. The molecule has 0 saturated heterocycles. The van der Waals surface area contributed by atoms with E-state index < -0.39 is 35.5 Å². The highest BCUT2D eigenvalue weighted by atomic mass is 16.7. The number of imide groups is 1. The number of hydrogen-bond donors (Lipinski definition) is 0. The molecule has 1 heterocycles. The standard InChI is InChI=1S/C18H22N2O6/c1-6-13(19(5)17(24)25-18(2,3)4)16(23)26-20-14(21)11-9-7-8-10-12(11)15(20)22/h7-10,13H,6H2,1-5H3. The Morgan fingerprint density at radius 1 is 1.12 bits per heavy atom. The molecule has 1 atom stereocenters. The van der Waals surface area contributed by atoms with Gasteiger partial charge in [-0.3, -0.25) is 14.5 Å². The van der Waals surface area contributed by atoms with Gasteiger partial charge >= 0.3 is 12.1 Å². The number of amides is 3. The zero-order valence-corrected chi connectivity index (χ0v) is 15.4. The summed E-state index contributed by atoms with van der Waals surface area (Å²) in [4.78, 5) is 55.3. The van der Waals surface area contributed by atoms with Gasteiger partial charge in [0, 0.05) is 7.05 Å². The largest absolute Gasteiger partial charge is 0.444 e. The Balaban J connectivity index is 2.12. The van der Waals surface area contributed by atoms with Gasteiger partial charge < -0.3 is 9.57 Å². The Labute approximate surface area is 151 Å². The SMILES string of the molecule is CCC(C(=O)ON1C(=O)c2ccccc2C1=O)N(C)C(=O)OC(C)(C)C. The molecule has 2 rings (SSSR count). The van der Waals surface area contributed by atoms with Crippen LogP contribution in [0.15, 0.2) is 24.3 Å². The summed E-state index contributed by atoms with van der Waals surface area (Å²) in [6, 6.07) is 5.18. The molecule has 0 saturated carbocycles. The summed E-state index contributed by atoms with van der Waals surface area (Å²) in [5.74, 6) is -2.32. The number of fused-ring (bicyclic) bond motifs is 1. The van der Waals surface area contributed by atoms with Crippen LogP contribution in [0.4, 0.5) is 4.79 Å². The highest BCUT2D eigenvalue weighted by Gasteiger charge is 2.40. The first-order valence-electron chi connectivity index (χ1n) is 8.22. The summed E-state index contributed by atoms with van der Waals surface area (Å²) in [6.45, 7) is 6.79. The molecule has 0 fully saturated rings. The molecule has 1 unspecified atom stereocenters. The molecule has 8 heteroatoms. The highest BCUT2D eigenvalue weighted by molar-refractivity contribution is 6.20. The number of ether oxygens (including phenoxy) is 1. The Morgan fingerprint density at radius 3 is 2.04 bits per heavy atom. The van der Waals surface area contributed by atoms with Crippen LogP contribution in [0.25, 0.3) is 0 Å². The van der Waals surface area contributed by atoms with Crippen molar-refractivity contribution < 1.29 is 28.8 Å². The van der Waals surface area contributed by atoms with E-state index in [4.69, 9.17) is 9.57 Å². The molecule has 0 radical (unpaired) electrons. The number of nitrogens with zero attached hydrogens (tertiary/aromatic N) is 2. The van der Waals surface area contributed by atoms with E-state index in [0.29, 0.717) is 5.06 Å². The lowest BCUT2D eigenvalue weighted by molar-refractivity contribution is -0.174. The maximum atomic E-state index is 12.5. The third kappa shape index (κ3) is 3.84. The Hall–Kier alpha value is -2.90. The van der Waals surface area contributed by atoms with Gasteiger partial charge in [-0.2, -0.15) is 0 Å². The molecule has 0 N–H and O–H groups in total. The second-order valence-corrected chi connectivity index (χ2v) is 6.88. The molecule has 26 heavy (non-hydrogen) atoms. The molecule has 1 aromatic rings. The normalized spacial score (nSPS) is 14.7. The quantitative estimate of drug-likeness (QED) is 0.764. The molecule has 0 bridgehead atoms. The van der Waals surface area contributed by atoms with Crippen molar-refractivity contribution in [2.24, 2.45) is 0 Å². The number of benzene rings is 1. The van der Waals surface area contributed by atoms with Gasteiger partial charge in [-0.25, -0.2) is 9.59 Å². The lowest BCUT2D eigenvalue weighted by atomic mass is 10.1. The van der Waals surface area contributed by atoms with Crippen molar-refractivity contribution in [3.8, 4) is 0 Å². The summed E-state index contributed by atoms with van der Waals surface area (Å²) in [5, 5.41) is 0.429.